The molecule has 0 aliphatic carbocycles. The molecule has 1 aromatic carbocycles. The van der Waals surface area contributed by atoms with Crippen LogP contribution in [0.2, 0.25) is 5.02 Å². The highest BCUT2D eigenvalue weighted by atomic mass is 35.5. The molecule has 0 aliphatic rings. The Morgan fingerprint density at radius 1 is 1.31 bits per heavy atom. The number of amides is 1. The Labute approximate surface area is 157 Å². The van der Waals surface area contributed by atoms with Gasteiger partial charge in [-0.15, -0.1) is 0 Å². The lowest BCUT2D eigenvalue weighted by Gasteiger charge is -2.13. The molecule has 1 amide bonds. The summed E-state index contributed by atoms with van der Waals surface area (Å²) in [6.45, 7) is 5.95. The summed E-state index contributed by atoms with van der Waals surface area (Å²) < 4.78 is 7.01. The van der Waals surface area contributed by atoms with E-state index < -0.39 is 0 Å². The van der Waals surface area contributed by atoms with Crippen molar-refractivity contribution in [1.29, 1.82) is 0 Å². The van der Waals surface area contributed by atoms with Crippen LogP contribution in [0.1, 0.15) is 41.5 Å². The largest absolute Gasteiger partial charge is 0.495 e. The van der Waals surface area contributed by atoms with E-state index in [0.29, 0.717) is 27.7 Å². The first-order valence-electron chi connectivity index (χ1n) is 8.31. The maximum absolute atomic E-state index is 13.1. The van der Waals surface area contributed by atoms with Crippen molar-refractivity contribution >= 4 is 34.2 Å². The molecule has 6 nitrogen and oxygen atoms in total. The maximum atomic E-state index is 13.1. The number of pyridine rings is 1. The topological polar surface area (TPSA) is 69.0 Å². The zero-order valence-corrected chi connectivity index (χ0v) is 16.2. The molecule has 2 aromatic heterocycles. The molecule has 7 heteroatoms. The Balaban J connectivity index is 2.12. The van der Waals surface area contributed by atoms with Gasteiger partial charge >= 0.3 is 0 Å². The lowest BCUT2D eigenvalue weighted by molar-refractivity contribution is 0.102. The second-order valence-electron chi connectivity index (χ2n) is 6.46. The van der Waals surface area contributed by atoms with Crippen LogP contribution in [0.15, 0.2) is 24.3 Å². The molecule has 0 radical (unpaired) electrons. The van der Waals surface area contributed by atoms with Gasteiger partial charge in [0, 0.05) is 17.8 Å². The van der Waals surface area contributed by atoms with E-state index in [0.717, 1.165) is 16.8 Å². The summed E-state index contributed by atoms with van der Waals surface area (Å²) in [5.74, 6) is 0.470. The fraction of sp³-hybridized carbons (Fsp3) is 0.316. The summed E-state index contributed by atoms with van der Waals surface area (Å²) in [7, 11) is 3.37. The Morgan fingerprint density at radius 3 is 2.69 bits per heavy atom. The maximum Gasteiger partial charge on any atom is 0.256 e. The van der Waals surface area contributed by atoms with Crippen molar-refractivity contribution in [1.82, 2.24) is 14.8 Å². The van der Waals surface area contributed by atoms with Crippen LogP contribution < -0.4 is 10.1 Å². The van der Waals surface area contributed by atoms with Gasteiger partial charge in [0.05, 0.1) is 29.4 Å². The van der Waals surface area contributed by atoms with E-state index in [1.165, 1.54) is 0 Å². The fourth-order valence-electron chi connectivity index (χ4n) is 2.91. The van der Waals surface area contributed by atoms with Crippen molar-refractivity contribution in [3.63, 3.8) is 0 Å². The third kappa shape index (κ3) is 3.24. The van der Waals surface area contributed by atoms with Crippen LogP contribution in [0, 0.1) is 6.92 Å². The van der Waals surface area contributed by atoms with E-state index in [-0.39, 0.29) is 11.8 Å². The highest BCUT2D eigenvalue weighted by Gasteiger charge is 2.20. The smallest absolute Gasteiger partial charge is 0.256 e. The SMILES string of the molecule is COc1ccc(Cl)cc1NC(=O)c1cc(C(C)C)nc2c1c(C)nn2C. The number of aryl methyl sites for hydroxylation is 2. The minimum absolute atomic E-state index is 0.182. The van der Waals surface area contributed by atoms with Crippen molar-refractivity contribution in [2.45, 2.75) is 26.7 Å². The minimum Gasteiger partial charge on any atom is -0.495 e. The molecule has 0 saturated carbocycles. The molecule has 0 saturated heterocycles. The number of rotatable bonds is 4. The molecule has 2 heterocycles. The summed E-state index contributed by atoms with van der Waals surface area (Å²) in [6, 6.07) is 6.92. The summed E-state index contributed by atoms with van der Waals surface area (Å²) >= 11 is 6.06. The molecule has 1 N–H and O–H groups in total. The summed E-state index contributed by atoms with van der Waals surface area (Å²) in [5, 5.41) is 8.58. The van der Waals surface area contributed by atoms with Crippen LogP contribution in [0.4, 0.5) is 5.69 Å². The van der Waals surface area contributed by atoms with Gasteiger partial charge in [-0.3, -0.25) is 9.48 Å². The normalized spacial score (nSPS) is 11.2. The van der Waals surface area contributed by atoms with E-state index in [2.05, 4.69) is 15.4 Å². The van der Waals surface area contributed by atoms with Crippen LogP contribution in [0.25, 0.3) is 11.0 Å². The average molecular weight is 373 g/mol. The first kappa shape index (κ1) is 18.2. The predicted molar refractivity (Wildman–Crippen MR) is 103 cm³/mol. The number of benzene rings is 1. The molecule has 0 bridgehead atoms. The van der Waals surface area contributed by atoms with Crippen LogP contribution in [0.5, 0.6) is 5.75 Å². The van der Waals surface area contributed by atoms with Gasteiger partial charge in [0.25, 0.3) is 5.91 Å². The predicted octanol–water partition coefficient (Wildman–Crippen LogP) is 4.31. The number of fused-ring (bicyclic) bond motifs is 1. The number of aromatic nitrogens is 3. The van der Waals surface area contributed by atoms with Crippen molar-refractivity contribution in [2.24, 2.45) is 7.05 Å². The molecule has 0 spiro atoms. The number of halogens is 1. The number of anilines is 1. The summed E-state index contributed by atoms with van der Waals surface area (Å²) in [6.07, 6.45) is 0. The minimum atomic E-state index is -0.254. The molecule has 136 valence electrons. The van der Waals surface area contributed by atoms with E-state index >= 15 is 0 Å². The molecular weight excluding hydrogens is 352 g/mol. The van der Waals surface area contributed by atoms with Gasteiger partial charge in [0.15, 0.2) is 5.65 Å². The number of nitrogens with one attached hydrogen (secondary N) is 1. The number of hydrogen-bond donors (Lipinski definition) is 1. The first-order valence-corrected chi connectivity index (χ1v) is 8.68. The second-order valence-corrected chi connectivity index (χ2v) is 6.89. The molecule has 0 unspecified atom stereocenters. The zero-order chi connectivity index (χ0) is 19.0. The van der Waals surface area contributed by atoms with Gasteiger partial charge in [0.1, 0.15) is 5.75 Å². The summed E-state index contributed by atoms with van der Waals surface area (Å²) in [5.41, 5.74) is 3.34. The van der Waals surface area contributed by atoms with E-state index in [9.17, 15) is 4.79 Å². The average Bonchev–Trinajstić information content (AvgIpc) is 2.88. The highest BCUT2D eigenvalue weighted by molar-refractivity contribution is 6.31. The van der Waals surface area contributed by atoms with Crippen LogP contribution in [-0.4, -0.2) is 27.8 Å². The monoisotopic (exact) mass is 372 g/mol. The third-order valence-electron chi connectivity index (χ3n) is 4.23. The van der Waals surface area contributed by atoms with E-state index in [1.54, 1.807) is 30.0 Å². The number of carbonyl (C=O) groups is 1. The van der Waals surface area contributed by atoms with Crippen molar-refractivity contribution < 1.29 is 9.53 Å². The van der Waals surface area contributed by atoms with Crippen molar-refractivity contribution in [3.05, 3.63) is 46.2 Å². The number of methoxy groups -OCH3 is 1. The fourth-order valence-corrected chi connectivity index (χ4v) is 3.08. The Morgan fingerprint density at radius 2 is 2.04 bits per heavy atom. The first-order chi connectivity index (χ1) is 12.3. The lowest BCUT2D eigenvalue weighted by Crippen LogP contribution is -2.14. The molecule has 0 fully saturated rings. The van der Waals surface area contributed by atoms with E-state index in [1.807, 2.05) is 33.9 Å². The van der Waals surface area contributed by atoms with Gasteiger partial charge in [-0.2, -0.15) is 5.10 Å². The van der Waals surface area contributed by atoms with Crippen molar-refractivity contribution in [3.8, 4) is 5.75 Å². The van der Waals surface area contributed by atoms with Gasteiger partial charge in [-0.05, 0) is 37.1 Å². The number of hydrogen-bond acceptors (Lipinski definition) is 4. The van der Waals surface area contributed by atoms with Crippen LogP contribution in [0.3, 0.4) is 0 Å². The quantitative estimate of drug-likeness (QED) is 0.740. The van der Waals surface area contributed by atoms with Crippen LogP contribution >= 0.6 is 11.6 Å². The van der Waals surface area contributed by atoms with Gasteiger partial charge in [-0.1, -0.05) is 25.4 Å². The lowest BCUT2D eigenvalue weighted by atomic mass is 10.0. The van der Waals surface area contributed by atoms with Crippen LogP contribution in [-0.2, 0) is 7.05 Å². The van der Waals surface area contributed by atoms with Crippen molar-refractivity contribution in [2.75, 3.05) is 12.4 Å². The van der Waals surface area contributed by atoms with Gasteiger partial charge in [0.2, 0.25) is 0 Å². The standard InChI is InChI=1S/C19H21ClN4O2/c1-10(2)14-9-13(17-11(3)23-24(4)18(17)21-14)19(25)22-15-8-12(20)6-7-16(15)26-5/h6-10H,1-5H3,(H,22,25). The van der Waals surface area contributed by atoms with Gasteiger partial charge < -0.3 is 10.1 Å². The molecular formula is C19H21ClN4O2. The summed E-state index contributed by atoms with van der Waals surface area (Å²) in [4.78, 5) is 17.7. The molecule has 3 rings (SSSR count). The Bertz CT molecular complexity index is 995. The number of nitrogens with zero attached hydrogens (tertiary/aromatic N) is 3. The molecule has 3 aromatic rings. The highest BCUT2D eigenvalue weighted by Crippen LogP contribution is 2.30. The zero-order valence-electron chi connectivity index (χ0n) is 15.4. The van der Waals surface area contributed by atoms with Gasteiger partial charge in [-0.25, -0.2) is 4.98 Å². The number of carbonyl (C=O) groups excluding carboxylic acids is 1. The molecule has 26 heavy (non-hydrogen) atoms. The molecule has 0 aliphatic heterocycles. The number of ether oxygens (including phenoxy) is 1. The second kappa shape index (κ2) is 6.96. The third-order valence-corrected chi connectivity index (χ3v) is 4.47. The Hall–Kier alpha value is -2.60. The Kier molecular flexibility index (Phi) is 4.87. The molecule has 0 atom stereocenters. The van der Waals surface area contributed by atoms with E-state index in [4.69, 9.17) is 16.3 Å².